The number of carbonyl (C=O) groups is 1. The van der Waals surface area contributed by atoms with Crippen molar-refractivity contribution in [3.8, 4) is 0 Å². The Labute approximate surface area is 186 Å². The van der Waals surface area contributed by atoms with Gasteiger partial charge in [-0.1, -0.05) is 30.3 Å². The molecule has 156 valence electrons. The van der Waals surface area contributed by atoms with E-state index < -0.39 is 0 Å². The van der Waals surface area contributed by atoms with E-state index >= 15 is 0 Å². The van der Waals surface area contributed by atoms with Gasteiger partial charge in [0.15, 0.2) is 5.65 Å². The molecule has 0 fully saturated rings. The lowest BCUT2D eigenvalue weighted by Gasteiger charge is -2.07. The minimum Gasteiger partial charge on any atom is -0.346 e. The molecule has 4 rings (SSSR count). The van der Waals surface area contributed by atoms with Crippen LogP contribution in [0.1, 0.15) is 27.2 Å². The van der Waals surface area contributed by atoms with Crippen LogP contribution in [0.3, 0.4) is 0 Å². The lowest BCUT2D eigenvalue weighted by atomic mass is 10.2. The van der Waals surface area contributed by atoms with Crippen LogP contribution in [-0.2, 0) is 19.6 Å². The highest BCUT2D eigenvalue weighted by Crippen LogP contribution is 2.14. The Hall–Kier alpha value is -3.00. The molecule has 7 nitrogen and oxygen atoms in total. The van der Waals surface area contributed by atoms with Gasteiger partial charge in [0.05, 0.1) is 30.7 Å². The van der Waals surface area contributed by atoms with Gasteiger partial charge in [-0.2, -0.15) is 0 Å². The van der Waals surface area contributed by atoms with E-state index in [1.807, 2.05) is 34.9 Å². The summed E-state index contributed by atoms with van der Waals surface area (Å²) < 4.78 is 1.97. The molecule has 3 N–H and O–H groups in total. The predicted octanol–water partition coefficient (Wildman–Crippen LogP) is 3.11. The van der Waals surface area contributed by atoms with Gasteiger partial charge in [-0.15, -0.1) is 24.8 Å². The highest BCUT2D eigenvalue weighted by atomic mass is 35.5. The zero-order valence-corrected chi connectivity index (χ0v) is 17.7. The average Bonchev–Trinajstić information content (AvgIpc) is 3.15. The summed E-state index contributed by atoms with van der Waals surface area (Å²) >= 11 is 0. The van der Waals surface area contributed by atoms with Gasteiger partial charge in [-0.05, 0) is 29.3 Å². The van der Waals surface area contributed by atoms with Gasteiger partial charge in [0.1, 0.15) is 5.52 Å². The van der Waals surface area contributed by atoms with Gasteiger partial charge in [-0.3, -0.25) is 9.78 Å². The first-order valence-electron chi connectivity index (χ1n) is 9.00. The number of nitrogens with two attached hydrogens (primary N) is 1. The van der Waals surface area contributed by atoms with E-state index in [0.29, 0.717) is 30.7 Å². The van der Waals surface area contributed by atoms with Crippen molar-refractivity contribution in [2.75, 3.05) is 0 Å². The van der Waals surface area contributed by atoms with E-state index in [2.05, 4.69) is 32.4 Å². The molecule has 0 aliphatic heterocycles. The van der Waals surface area contributed by atoms with E-state index in [4.69, 9.17) is 5.73 Å². The second-order valence-electron chi connectivity index (χ2n) is 6.47. The number of imidazole rings is 1. The molecule has 0 unspecified atom stereocenters. The molecule has 0 bridgehead atoms. The Morgan fingerprint density at radius 1 is 1.00 bits per heavy atom. The highest BCUT2D eigenvalue weighted by Gasteiger charge is 2.11. The van der Waals surface area contributed by atoms with Crippen LogP contribution in [0, 0.1) is 0 Å². The average molecular weight is 445 g/mol. The van der Waals surface area contributed by atoms with Crippen LogP contribution in [0.4, 0.5) is 0 Å². The molecule has 0 saturated carbocycles. The number of carbonyl (C=O) groups excluding carboxylic acids is 1. The zero-order valence-electron chi connectivity index (χ0n) is 16.1. The molecule has 9 heteroatoms. The molecule has 0 spiro atoms. The number of pyridine rings is 2. The zero-order chi connectivity index (χ0) is 19.3. The first-order valence-corrected chi connectivity index (χ1v) is 9.00. The van der Waals surface area contributed by atoms with E-state index in [1.54, 1.807) is 24.8 Å². The normalized spacial score (nSPS) is 10.2. The molecule has 0 radical (unpaired) electrons. The Morgan fingerprint density at radius 2 is 1.80 bits per heavy atom. The van der Waals surface area contributed by atoms with E-state index in [1.165, 1.54) is 0 Å². The van der Waals surface area contributed by atoms with Gasteiger partial charge in [-0.25, -0.2) is 9.97 Å². The molecule has 1 aromatic carbocycles. The van der Waals surface area contributed by atoms with Crippen molar-refractivity contribution in [2.45, 2.75) is 19.6 Å². The summed E-state index contributed by atoms with van der Waals surface area (Å²) in [5.41, 5.74) is 10.4. The van der Waals surface area contributed by atoms with Crippen LogP contribution < -0.4 is 11.1 Å². The Bertz CT molecular complexity index is 1120. The van der Waals surface area contributed by atoms with Crippen LogP contribution >= 0.6 is 24.8 Å². The van der Waals surface area contributed by atoms with Gasteiger partial charge >= 0.3 is 0 Å². The minimum atomic E-state index is -0.216. The smallest absolute Gasteiger partial charge is 0.253 e. The van der Waals surface area contributed by atoms with Crippen molar-refractivity contribution in [1.82, 2.24) is 24.8 Å². The summed E-state index contributed by atoms with van der Waals surface area (Å²) in [6.07, 6.45) is 5.01. The van der Waals surface area contributed by atoms with E-state index in [-0.39, 0.29) is 30.7 Å². The largest absolute Gasteiger partial charge is 0.346 e. The van der Waals surface area contributed by atoms with Crippen LogP contribution in [-0.4, -0.2) is 25.4 Å². The molecular weight excluding hydrogens is 423 g/mol. The maximum absolute atomic E-state index is 12.5. The first-order chi connectivity index (χ1) is 13.7. The van der Waals surface area contributed by atoms with Gasteiger partial charge in [0.2, 0.25) is 0 Å². The molecule has 1 amide bonds. The highest BCUT2D eigenvalue weighted by molar-refractivity contribution is 5.96. The number of hydrogen-bond acceptors (Lipinski definition) is 5. The second-order valence-corrected chi connectivity index (χ2v) is 6.47. The number of aromatic nitrogens is 4. The van der Waals surface area contributed by atoms with Crippen molar-refractivity contribution in [1.29, 1.82) is 0 Å². The standard InChI is InChI=1S/C21H20N6O.2ClH/c22-10-16-6-7-23-18(8-16)12-25-21(28)17-9-19-20(24-11-17)27(14-26-19)13-15-4-2-1-3-5-15;;/h1-9,11,14H,10,12-13,22H2,(H,25,28);2*1H. The Morgan fingerprint density at radius 3 is 2.57 bits per heavy atom. The number of rotatable bonds is 6. The third kappa shape index (κ3) is 5.33. The third-order valence-corrected chi connectivity index (χ3v) is 4.46. The molecule has 3 heterocycles. The van der Waals surface area contributed by atoms with Gasteiger partial charge in [0.25, 0.3) is 5.91 Å². The summed E-state index contributed by atoms with van der Waals surface area (Å²) in [5, 5.41) is 2.86. The predicted molar refractivity (Wildman–Crippen MR) is 121 cm³/mol. The van der Waals surface area contributed by atoms with Gasteiger partial charge < -0.3 is 15.6 Å². The number of fused-ring (bicyclic) bond motifs is 1. The summed E-state index contributed by atoms with van der Waals surface area (Å²) in [6.45, 7) is 1.45. The Kier molecular flexibility index (Phi) is 8.29. The summed E-state index contributed by atoms with van der Waals surface area (Å²) in [4.78, 5) is 25.6. The van der Waals surface area contributed by atoms with Gasteiger partial charge in [0, 0.05) is 18.9 Å². The number of benzene rings is 1. The van der Waals surface area contributed by atoms with Crippen LogP contribution in [0.2, 0.25) is 0 Å². The number of amides is 1. The van der Waals surface area contributed by atoms with Crippen LogP contribution in [0.15, 0.2) is 67.3 Å². The van der Waals surface area contributed by atoms with Crippen LogP contribution in [0.25, 0.3) is 11.2 Å². The topological polar surface area (TPSA) is 98.7 Å². The van der Waals surface area contributed by atoms with Crippen molar-refractivity contribution >= 4 is 41.9 Å². The van der Waals surface area contributed by atoms with Crippen molar-refractivity contribution in [3.63, 3.8) is 0 Å². The molecule has 3 aromatic heterocycles. The monoisotopic (exact) mass is 444 g/mol. The second kappa shape index (κ2) is 10.7. The van der Waals surface area contributed by atoms with Crippen LogP contribution in [0.5, 0.6) is 0 Å². The SMILES string of the molecule is Cl.Cl.NCc1ccnc(CNC(=O)c2cnc3c(c2)ncn3Cc2ccccc2)c1. The van der Waals surface area contributed by atoms with E-state index in [0.717, 1.165) is 22.5 Å². The van der Waals surface area contributed by atoms with Crippen molar-refractivity contribution < 1.29 is 4.79 Å². The number of hydrogen-bond donors (Lipinski definition) is 2. The summed E-state index contributed by atoms with van der Waals surface area (Å²) in [6, 6.07) is 15.6. The quantitative estimate of drug-likeness (QED) is 0.475. The minimum absolute atomic E-state index is 0. The Balaban J connectivity index is 0.00000160. The summed E-state index contributed by atoms with van der Waals surface area (Å²) in [7, 11) is 0. The molecule has 0 aliphatic rings. The molecule has 30 heavy (non-hydrogen) atoms. The molecular formula is C21H22Cl2N6O. The maximum atomic E-state index is 12.5. The lowest BCUT2D eigenvalue weighted by Crippen LogP contribution is -2.23. The number of halogens is 2. The van der Waals surface area contributed by atoms with Crippen molar-refractivity contribution in [2.24, 2.45) is 5.73 Å². The summed E-state index contributed by atoms with van der Waals surface area (Å²) in [5.74, 6) is -0.216. The molecule has 4 aromatic rings. The fourth-order valence-electron chi connectivity index (χ4n) is 2.99. The third-order valence-electron chi connectivity index (χ3n) is 4.46. The number of nitrogens with one attached hydrogen (secondary N) is 1. The number of nitrogens with zero attached hydrogens (tertiary/aromatic N) is 4. The molecule has 0 atom stereocenters. The fourth-order valence-corrected chi connectivity index (χ4v) is 2.99. The first kappa shape index (κ1) is 23.3. The lowest BCUT2D eigenvalue weighted by molar-refractivity contribution is 0.0950. The fraction of sp³-hybridized carbons (Fsp3) is 0.143. The van der Waals surface area contributed by atoms with E-state index in [9.17, 15) is 4.79 Å². The molecule has 0 saturated heterocycles. The van der Waals surface area contributed by atoms with Crippen molar-refractivity contribution in [3.05, 3.63) is 89.6 Å². The maximum Gasteiger partial charge on any atom is 0.253 e. The molecule has 0 aliphatic carbocycles.